The standard InChI is InChI=1S/C20H23NO3/c1-13-10-14(2)19(15(3)11-13)18(22)12-24-20(23)16-6-8-17(9-7-16)21(4)5/h6-11H,12H2,1-5H3. The van der Waals surface area contributed by atoms with E-state index < -0.39 is 5.97 Å². The Morgan fingerprint density at radius 2 is 1.50 bits per heavy atom. The summed E-state index contributed by atoms with van der Waals surface area (Å²) in [5.41, 5.74) is 4.99. The van der Waals surface area contributed by atoms with Gasteiger partial charge in [0, 0.05) is 25.3 Å². The van der Waals surface area contributed by atoms with E-state index in [2.05, 4.69) is 0 Å². The average Bonchev–Trinajstić information content (AvgIpc) is 2.51. The lowest BCUT2D eigenvalue weighted by atomic mass is 9.97. The summed E-state index contributed by atoms with van der Waals surface area (Å²) < 4.78 is 5.18. The Morgan fingerprint density at radius 3 is 2.00 bits per heavy atom. The Bertz CT molecular complexity index is 738. The maximum absolute atomic E-state index is 12.4. The molecule has 0 heterocycles. The fourth-order valence-electron chi connectivity index (χ4n) is 2.80. The van der Waals surface area contributed by atoms with Gasteiger partial charge in [-0.1, -0.05) is 17.7 Å². The zero-order valence-corrected chi connectivity index (χ0v) is 14.8. The third kappa shape index (κ3) is 4.02. The number of hydrogen-bond donors (Lipinski definition) is 0. The minimum Gasteiger partial charge on any atom is -0.454 e. The topological polar surface area (TPSA) is 46.6 Å². The Kier molecular flexibility index (Phi) is 5.39. The first-order chi connectivity index (χ1) is 11.3. The summed E-state index contributed by atoms with van der Waals surface area (Å²) in [5.74, 6) is -0.667. The van der Waals surface area contributed by atoms with E-state index in [0.29, 0.717) is 11.1 Å². The second-order valence-electron chi connectivity index (χ2n) is 6.21. The van der Waals surface area contributed by atoms with Crippen molar-refractivity contribution in [2.24, 2.45) is 0 Å². The molecule has 2 aromatic carbocycles. The van der Waals surface area contributed by atoms with Gasteiger partial charge in [0.05, 0.1) is 5.56 Å². The van der Waals surface area contributed by atoms with Crippen molar-refractivity contribution >= 4 is 17.4 Å². The molecule has 0 amide bonds. The molecular formula is C20H23NO3. The second-order valence-corrected chi connectivity index (χ2v) is 6.21. The van der Waals surface area contributed by atoms with Gasteiger partial charge in [0.2, 0.25) is 5.78 Å². The molecule has 0 fully saturated rings. The number of nitrogens with zero attached hydrogens (tertiary/aromatic N) is 1. The average molecular weight is 325 g/mol. The molecule has 0 aliphatic carbocycles. The number of hydrogen-bond acceptors (Lipinski definition) is 4. The fourth-order valence-corrected chi connectivity index (χ4v) is 2.80. The van der Waals surface area contributed by atoms with Crippen molar-refractivity contribution in [2.45, 2.75) is 20.8 Å². The number of Topliss-reactive ketones (excluding diaryl/α,β-unsaturated/α-hetero) is 1. The van der Waals surface area contributed by atoms with Crippen molar-refractivity contribution in [3.63, 3.8) is 0 Å². The highest BCUT2D eigenvalue weighted by Crippen LogP contribution is 2.18. The monoisotopic (exact) mass is 325 g/mol. The molecule has 2 aromatic rings. The molecule has 0 aromatic heterocycles. The quantitative estimate of drug-likeness (QED) is 0.621. The smallest absolute Gasteiger partial charge is 0.338 e. The van der Waals surface area contributed by atoms with Crippen LogP contribution < -0.4 is 4.90 Å². The number of carbonyl (C=O) groups is 2. The highest BCUT2D eigenvalue weighted by atomic mass is 16.5. The van der Waals surface area contributed by atoms with Crippen LogP contribution in [0.4, 0.5) is 5.69 Å². The minimum absolute atomic E-state index is 0.178. The van der Waals surface area contributed by atoms with E-state index in [0.717, 1.165) is 22.4 Å². The molecule has 0 spiro atoms. The Morgan fingerprint density at radius 1 is 0.958 bits per heavy atom. The minimum atomic E-state index is -0.490. The van der Waals surface area contributed by atoms with E-state index in [4.69, 9.17) is 4.74 Å². The summed E-state index contributed by atoms with van der Waals surface area (Å²) in [5, 5.41) is 0. The maximum Gasteiger partial charge on any atom is 0.338 e. The van der Waals surface area contributed by atoms with E-state index in [1.165, 1.54) is 0 Å². The molecule has 0 aliphatic rings. The molecule has 0 radical (unpaired) electrons. The molecule has 126 valence electrons. The molecule has 24 heavy (non-hydrogen) atoms. The number of carbonyl (C=O) groups excluding carboxylic acids is 2. The zero-order chi connectivity index (χ0) is 17.9. The van der Waals surface area contributed by atoms with Gasteiger partial charge in [0.25, 0.3) is 0 Å². The van der Waals surface area contributed by atoms with E-state index in [-0.39, 0.29) is 12.4 Å². The number of esters is 1. The van der Waals surface area contributed by atoms with Crippen molar-refractivity contribution in [3.05, 3.63) is 64.2 Å². The number of ketones is 1. The van der Waals surface area contributed by atoms with Crippen molar-refractivity contribution in [2.75, 3.05) is 25.6 Å². The van der Waals surface area contributed by atoms with Crippen LogP contribution in [0.1, 0.15) is 37.4 Å². The Balaban J connectivity index is 2.05. The number of rotatable bonds is 5. The predicted molar refractivity (Wildman–Crippen MR) is 96.0 cm³/mol. The Hall–Kier alpha value is -2.62. The highest BCUT2D eigenvalue weighted by molar-refractivity contribution is 6.01. The van der Waals surface area contributed by atoms with Crippen LogP contribution in [0.15, 0.2) is 36.4 Å². The lowest BCUT2D eigenvalue weighted by molar-refractivity contribution is 0.0474. The lowest BCUT2D eigenvalue weighted by Crippen LogP contribution is -2.16. The lowest BCUT2D eigenvalue weighted by Gasteiger charge is -2.13. The largest absolute Gasteiger partial charge is 0.454 e. The van der Waals surface area contributed by atoms with Crippen molar-refractivity contribution in [1.29, 1.82) is 0 Å². The van der Waals surface area contributed by atoms with Gasteiger partial charge in [0.1, 0.15) is 0 Å². The van der Waals surface area contributed by atoms with Gasteiger partial charge in [-0.3, -0.25) is 4.79 Å². The summed E-state index contributed by atoms with van der Waals surface area (Å²) in [6.45, 7) is 5.54. The third-order valence-electron chi connectivity index (χ3n) is 3.91. The van der Waals surface area contributed by atoms with Crippen molar-refractivity contribution < 1.29 is 14.3 Å². The van der Waals surface area contributed by atoms with Crippen LogP contribution in [0.2, 0.25) is 0 Å². The van der Waals surface area contributed by atoms with Crippen molar-refractivity contribution in [3.8, 4) is 0 Å². The summed E-state index contributed by atoms with van der Waals surface area (Å²) in [7, 11) is 3.86. The molecule has 0 unspecified atom stereocenters. The van der Waals surface area contributed by atoms with Crippen LogP contribution in [-0.4, -0.2) is 32.5 Å². The molecule has 0 bridgehead atoms. The van der Waals surface area contributed by atoms with Crippen LogP contribution in [-0.2, 0) is 4.74 Å². The van der Waals surface area contributed by atoms with Gasteiger partial charge >= 0.3 is 5.97 Å². The van der Waals surface area contributed by atoms with Crippen LogP contribution in [0, 0.1) is 20.8 Å². The van der Waals surface area contributed by atoms with Gasteiger partial charge in [-0.25, -0.2) is 4.79 Å². The predicted octanol–water partition coefficient (Wildman–Crippen LogP) is 3.72. The van der Waals surface area contributed by atoms with E-state index in [1.807, 2.05) is 64.0 Å². The first kappa shape index (κ1) is 17.7. The number of ether oxygens (including phenoxy) is 1. The molecule has 4 heteroatoms. The summed E-state index contributed by atoms with van der Waals surface area (Å²) in [6.07, 6.45) is 0. The van der Waals surface area contributed by atoms with Gasteiger partial charge in [0.15, 0.2) is 6.61 Å². The Labute approximate surface area is 143 Å². The third-order valence-corrected chi connectivity index (χ3v) is 3.91. The highest BCUT2D eigenvalue weighted by Gasteiger charge is 2.16. The summed E-state index contributed by atoms with van der Waals surface area (Å²) >= 11 is 0. The molecule has 0 saturated heterocycles. The van der Waals surface area contributed by atoms with Gasteiger partial charge < -0.3 is 9.64 Å². The molecule has 0 aliphatic heterocycles. The first-order valence-electron chi connectivity index (χ1n) is 7.85. The molecule has 2 rings (SSSR count). The van der Waals surface area contributed by atoms with E-state index in [1.54, 1.807) is 12.1 Å². The van der Waals surface area contributed by atoms with Gasteiger partial charge in [-0.05, 0) is 56.2 Å². The number of anilines is 1. The van der Waals surface area contributed by atoms with Crippen LogP contribution >= 0.6 is 0 Å². The molecular weight excluding hydrogens is 302 g/mol. The van der Waals surface area contributed by atoms with Crippen LogP contribution in [0.25, 0.3) is 0 Å². The van der Waals surface area contributed by atoms with Crippen LogP contribution in [0.5, 0.6) is 0 Å². The normalized spacial score (nSPS) is 10.4. The fraction of sp³-hybridized carbons (Fsp3) is 0.300. The van der Waals surface area contributed by atoms with Gasteiger partial charge in [-0.15, -0.1) is 0 Å². The molecule has 0 N–H and O–H groups in total. The van der Waals surface area contributed by atoms with Crippen LogP contribution in [0.3, 0.4) is 0 Å². The number of benzene rings is 2. The summed E-state index contributed by atoms with van der Waals surface area (Å²) in [4.78, 5) is 26.4. The zero-order valence-electron chi connectivity index (χ0n) is 14.8. The molecule has 0 atom stereocenters. The summed E-state index contributed by atoms with van der Waals surface area (Å²) in [6, 6.07) is 11.0. The van der Waals surface area contributed by atoms with E-state index >= 15 is 0 Å². The number of aryl methyl sites for hydroxylation is 3. The van der Waals surface area contributed by atoms with Gasteiger partial charge in [-0.2, -0.15) is 0 Å². The second kappa shape index (κ2) is 7.30. The SMILES string of the molecule is Cc1cc(C)c(C(=O)COC(=O)c2ccc(N(C)C)cc2)c(C)c1. The maximum atomic E-state index is 12.4. The van der Waals surface area contributed by atoms with E-state index in [9.17, 15) is 9.59 Å². The van der Waals surface area contributed by atoms with Crippen molar-refractivity contribution in [1.82, 2.24) is 0 Å². The first-order valence-corrected chi connectivity index (χ1v) is 7.85. The molecule has 4 nitrogen and oxygen atoms in total. The molecule has 0 saturated carbocycles.